The zero-order valence-corrected chi connectivity index (χ0v) is 23.2. The van der Waals surface area contributed by atoms with Gasteiger partial charge in [-0.05, 0) is 84.4 Å². The summed E-state index contributed by atoms with van der Waals surface area (Å²) in [5.41, 5.74) is 3.12. The number of unbranched alkanes of at least 4 members (excludes halogenated alkanes) is 6. The quantitative estimate of drug-likeness (QED) is 0.156. The van der Waals surface area contributed by atoms with Gasteiger partial charge in [-0.3, -0.25) is 0 Å². The maximum atomic E-state index is 15.0. The molecule has 0 amide bonds. The first-order valence-electron chi connectivity index (χ1n) is 14.7. The highest BCUT2D eigenvalue weighted by Gasteiger charge is 2.23. The Labute approximate surface area is 232 Å². The molecule has 1 aliphatic rings. The van der Waals surface area contributed by atoms with Crippen molar-refractivity contribution in [1.82, 2.24) is 0 Å². The van der Waals surface area contributed by atoms with Gasteiger partial charge in [-0.15, -0.1) is 6.58 Å². The van der Waals surface area contributed by atoms with Gasteiger partial charge in [0.1, 0.15) is 5.82 Å². The van der Waals surface area contributed by atoms with Gasteiger partial charge in [-0.25, -0.2) is 8.78 Å². The molecule has 0 spiro atoms. The van der Waals surface area contributed by atoms with Crippen molar-refractivity contribution in [2.45, 2.75) is 83.5 Å². The number of hydrogen-bond acceptors (Lipinski definition) is 1. The summed E-state index contributed by atoms with van der Waals surface area (Å²) in [6, 6.07) is 15.6. The Kier molecular flexibility index (Phi) is 10.7. The molecule has 0 saturated heterocycles. The summed E-state index contributed by atoms with van der Waals surface area (Å²) < 4.78 is 50.3. The second-order valence-corrected chi connectivity index (χ2v) is 10.9. The minimum Gasteiger partial charge on any atom is -0.490 e. The Morgan fingerprint density at radius 1 is 0.744 bits per heavy atom. The van der Waals surface area contributed by atoms with Crippen LogP contribution >= 0.6 is 0 Å². The lowest BCUT2D eigenvalue weighted by Gasteiger charge is -2.27. The molecule has 4 rings (SSSR count). The Balaban J connectivity index is 1.36. The maximum absolute atomic E-state index is 15.0. The molecule has 0 atom stereocenters. The van der Waals surface area contributed by atoms with Crippen molar-refractivity contribution in [3.05, 3.63) is 90.3 Å². The fraction of sp³-hybridized carbons (Fsp3) is 0.429. The van der Waals surface area contributed by atoms with Crippen LogP contribution in [0.25, 0.3) is 22.3 Å². The standard InChI is InChI=1S/C35H41F3O/c1-3-5-6-7-8-9-10-23-39-33-22-21-31(34(37)35(33)38)28-17-15-26(16-18-28)29-19-20-30(32(36)24-29)27-13-11-25(4-2)12-14-27/h4,15-22,24-25,27H,2-3,5-14,23H2,1H3. The molecule has 0 aliphatic heterocycles. The second-order valence-electron chi connectivity index (χ2n) is 10.9. The van der Waals surface area contributed by atoms with Gasteiger partial charge >= 0.3 is 0 Å². The van der Waals surface area contributed by atoms with E-state index in [1.54, 1.807) is 24.3 Å². The van der Waals surface area contributed by atoms with Crippen LogP contribution in [-0.2, 0) is 0 Å². The van der Waals surface area contributed by atoms with Crippen LogP contribution in [0.5, 0.6) is 5.75 Å². The normalized spacial score (nSPS) is 17.2. The van der Waals surface area contributed by atoms with Gasteiger partial charge in [-0.1, -0.05) is 87.9 Å². The topological polar surface area (TPSA) is 9.23 Å². The van der Waals surface area contributed by atoms with Crippen molar-refractivity contribution in [3.63, 3.8) is 0 Å². The molecule has 4 heteroatoms. The smallest absolute Gasteiger partial charge is 0.201 e. The third-order valence-electron chi connectivity index (χ3n) is 8.13. The van der Waals surface area contributed by atoms with E-state index >= 15 is 4.39 Å². The monoisotopic (exact) mass is 534 g/mol. The maximum Gasteiger partial charge on any atom is 0.201 e. The summed E-state index contributed by atoms with van der Waals surface area (Å²) in [5.74, 6) is -1.32. The van der Waals surface area contributed by atoms with Crippen LogP contribution in [0.4, 0.5) is 13.2 Å². The minimum absolute atomic E-state index is 0.0487. The molecule has 0 bridgehead atoms. The average Bonchev–Trinajstić information content (AvgIpc) is 2.97. The summed E-state index contributed by atoms with van der Waals surface area (Å²) >= 11 is 0. The van der Waals surface area contributed by atoms with Crippen molar-refractivity contribution >= 4 is 0 Å². The lowest BCUT2D eigenvalue weighted by atomic mass is 9.78. The lowest BCUT2D eigenvalue weighted by molar-refractivity contribution is 0.285. The van der Waals surface area contributed by atoms with Crippen molar-refractivity contribution in [2.24, 2.45) is 5.92 Å². The van der Waals surface area contributed by atoms with E-state index in [0.717, 1.165) is 61.6 Å². The lowest BCUT2D eigenvalue weighted by Crippen LogP contribution is -2.12. The Bertz CT molecular complexity index is 1210. The molecule has 0 aromatic heterocycles. The van der Waals surface area contributed by atoms with Crippen molar-refractivity contribution in [1.29, 1.82) is 0 Å². The number of benzene rings is 3. The molecule has 0 unspecified atom stereocenters. The van der Waals surface area contributed by atoms with E-state index in [1.807, 2.05) is 30.3 Å². The molecule has 3 aromatic rings. The Morgan fingerprint density at radius 3 is 2.05 bits per heavy atom. The van der Waals surface area contributed by atoms with Crippen LogP contribution in [0.2, 0.25) is 0 Å². The summed E-state index contributed by atoms with van der Waals surface area (Å²) in [5, 5.41) is 0. The summed E-state index contributed by atoms with van der Waals surface area (Å²) in [7, 11) is 0. The fourth-order valence-corrected chi connectivity index (χ4v) is 5.65. The van der Waals surface area contributed by atoms with Crippen LogP contribution in [0.15, 0.2) is 67.3 Å². The predicted molar refractivity (Wildman–Crippen MR) is 156 cm³/mol. The van der Waals surface area contributed by atoms with E-state index in [2.05, 4.69) is 13.5 Å². The molecule has 1 saturated carbocycles. The van der Waals surface area contributed by atoms with E-state index in [1.165, 1.54) is 31.7 Å². The van der Waals surface area contributed by atoms with E-state index < -0.39 is 11.6 Å². The van der Waals surface area contributed by atoms with Gasteiger partial charge in [0.2, 0.25) is 5.82 Å². The number of halogens is 3. The molecule has 1 aliphatic carbocycles. The minimum atomic E-state index is -0.959. The molecular formula is C35H41F3O. The zero-order valence-electron chi connectivity index (χ0n) is 23.2. The first kappa shape index (κ1) is 29.0. The Morgan fingerprint density at radius 2 is 1.38 bits per heavy atom. The van der Waals surface area contributed by atoms with Crippen LogP contribution < -0.4 is 4.74 Å². The van der Waals surface area contributed by atoms with Gasteiger partial charge in [0.25, 0.3) is 0 Å². The molecule has 0 N–H and O–H groups in total. The molecule has 1 fully saturated rings. The highest BCUT2D eigenvalue weighted by atomic mass is 19.2. The van der Waals surface area contributed by atoms with Crippen molar-refractivity contribution < 1.29 is 17.9 Å². The second kappa shape index (κ2) is 14.4. The highest BCUT2D eigenvalue weighted by Crippen LogP contribution is 2.38. The largest absolute Gasteiger partial charge is 0.490 e. The summed E-state index contributed by atoms with van der Waals surface area (Å²) in [6.45, 7) is 6.46. The SMILES string of the molecule is C=CC1CCC(c2ccc(-c3ccc(-c4ccc(OCCCCCCCCC)c(F)c4F)cc3)cc2F)CC1. The van der Waals surface area contributed by atoms with E-state index in [-0.39, 0.29) is 23.0 Å². The van der Waals surface area contributed by atoms with E-state index in [4.69, 9.17) is 4.74 Å². The van der Waals surface area contributed by atoms with Crippen LogP contribution in [-0.4, -0.2) is 6.61 Å². The van der Waals surface area contributed by atoms with Gasteiger partial charge in [-0.2, -0.15) is 4.39 Å². The third kappa shape index (κ3) is 7.56. The summed E-state index contributed by atoms with van der Waals surface area (Å²) in [6.07, 6.45) is 14.0. The van der Waals surface area contributed by atoms with Gasteiger partial charge < -0.3 is 4.74 Å². The number of ether oxygens (including phenoxy) is 1. The molecule has 39 heavy (non-hydrogen) atoms. The number of rotatable bonds is 13. The Hall–Kier alpha value is -3.01. The number of allylic oxidation sites excluding steroid dienone is 1. The van der Waals surface area contributed by atoms with Gasteiger partial charge in [0.15, 0.2) is 11.6 Å². The van der Waals surface area contributed by atoms with E-state index in [0.29, 0.717) is 18.1 Å². The predicted octanol–water partition coefficient (Wildman–Crippen LogP) is 11.0. The highest BCUT2D eigenvalue weighted by molar-refractivity contribution is 5.71. The van der Waals surface area contributed by atoms with Crippen molar-refractivity contribution in [2.75, 3.05) is 6.61 Å². The molecular weight excluding hydrogens is 493 g/mol. The van der Waals surface area contributed by atoms with Crippen LogP contribution in [0.3, 0.4) is 0 Å². The molecule has 208 valence electrons. The molecule has 0 heterocycles. The molecule has 0 radical (unpaired) electrons. The number of hydrogen-bond donors (Lipinski definition) is 0. The molecule has 1 nitrogen and oxygen atoms in total. The van der Waals surface area contributed by atoms with E-state index in [9.17, 15) is 8.78 Å². The van der Waals surface area contributed by atoms with Crippen LogP contribution in [0, 0.1) is 23.4 Å². The third-order valence-corrected chi connectivity index (χ3v) is 8.13. The van der Waals surface area contributed by atoms with Crippen molar-refractivity contribution in [3.8, 4) is 28.0 Å². The summed E-state index contributed by atoms with van der Waals surface area (Å²) in [4.78, 5) is 0. The average molecular weight is 535 g/mol. The van der Waals surface area contributed by atoms with Gasteiger partial charge in [0, 0.05) is 5.56 Å². The first-order chi connectivity index (χ1) is 19.0. The van der Waals surface area contributed by atoms with Gasteiger partial charge in [0.05, 0.1) is 6.61 Å². The zero-order chi connectivity index (χ0) is 27.6. The molecule has 3 aromatic carbocycles. The fourth-order valence-electron chi connectivity index (χ4n) is 5.65. The first-order valence-corrected chi connectivity index (χ1v) is 14.7. The van der Waals surface area contributed by atoms with Crippen LogP contribution in [0.1, 0.15) is 89.0 Å².